The Morgan fingerprint density at radius 2 is 1.87 bits per heavy atom. The van der Waals surface area contributed by atoms with Gasteiger partial charge in [0.25, 0.3) is 5.56 Å². The Morgan fingerprint density at radius 3 is 2.53 bits per heavy atom. The molecule has 1 heterocycles. The highest BCUT2D eigenvalue weighted by Crippen LogP contribution is 2.35. The summed E-state index contributed by atoms with van der Waals surface area (Å²) in [7, 11) is 0. The lowest BCUT2D eigenvalue weighted by molar-refractivity contribution is 0.974. The molecule has 1 aromatic heterocycles. The number of hydrogen-bond acceptors (Lipinski definition) is 2. The van der Waals surface area contributed by atoms with Crippen LogP contribution < -0.4 is 5.56 Å². The first-order valence-electron chi connectivity index (χ1n) is 4.05. The Morgan fingerprint density at radius 1 is 1.20 bits per heavy atom. The highest BCUT2D eigenvalue weighted by molar-refractivity contribution is 6.66. The van der Waals surface area contributed by atoms with Crippen molar-refractivity contribution in [3.63, 3.8) is 0 Å². The minimum absolute atomic E-state index is 0.0243. The molecule has 0 unspecified atom stereocenters. The summed E-state index contributed by atoms with van der Waals surface area (Å²) in [5.41, 5.74) is 0.185. The fourth-order valence-electron chi connectivity index (χ4n) is 1.22. The average Bonchev–Trinajstić information content (AvgIpc) is 2.16. The number of hydrogen-bond donors (Lipinski definition) is 1. The minimum Gasteiger partial charge on any atom is -0.306 e. The molecule has 0 atom stereocenters. The lowest BCUT2D eigenvalue weighted by atomic mass is 10.2. The number of nitrogens with one attached hydrogen (secondary N) is 1. The van der Waals surface area contributed by atoms with Crippen molar-refractivity contribution in [1.82, 2.24) is 9.97 Å². The van der Waals surface area contributed by atoms with Gasteiger partial charge in [-0.1, -0.05) is 46.9 Å². The second kappa shape index (κ2) is 3.67. The van der Waals surface area contributed by atoms with Gasteiger partial charge >= 0.3 is 0 Å². The van der Waals surface area contributed by atoms with E-state index in [0.717, 1.165) is 0 Å². The number of para-hydroxylation sites is 1. The van der Waals surface area contributed by atoms with E-state index in [9.17, 15) is 4.79 Å². The number of rotatable bonds is 0. The summed E-state index contributed by atoms with van der Waals surface area (Å²) >= 11 is 16.9. The van der Waals surface area contributed by atoms with Crippen LogP contribution in [0.15, 0.2) is 29.1 Å². The molecule has 0 bridgehead atoms. The van der Waals surface area contributed by atoms with E-state index in [1.807, 2.05) is 0 Å². The van der Waals surface area contributed by atoms with Gasteiger partial charge in [-0.2, -0.15) is 0 Å². The molecule has 2 rings (SSSR count). The third-order valence-electron chi connectivity index (χ3n) is 1.88. The van der Waals surface area contributed by atoms with E-state index in [1.54, 1.807) is 24.3 Å². The molecule has 2 aromatic rings. The number of benzene rings is 1. The van der Waals surface area contributed by atoms with Crippen molar-refractivity contribution < 1.29 is 0 Å². The van der Waals surface area contributed by atoms with E-state index < -0.39 is 3.79 Å². The van der Waals surface area contributed by atoms with Crippen LogP contribution in [0.1, 0.15) is 5.82 Å². The molecule has 0 aliphatic rings. The summed E-state index contributed by atoms with van der Waals surface area (Å²) in [6, 6.07) is 6.85. The molecule has 6 heteroatoms. The molecule has 0 amide bonds. The Kier molecular flexibility index (Phi) is 2.63. The van der Waals surface area contributed by atoms with E-state index >= 15 is 0 Å². The maximum absolute atomic E-state index is 11.6. The van der Waals surface area contributed by atoms with Gasteiger partial charge in [-0.3, -0.25) is 4.79 Å². The second-order valence-electron chi connectivity index (χ2n) is 2.93. The molecule has 15 heavy (non-hydrogen) atoms. The largest absolute Gasteiger partial charge is 0.306 e. The predicted octanol–water partition coefficient (Wildman–Crippen LogP) is 2.75. The lowest BCUT2D eigenvalue weighted by Gasteiger charge is -2.09. The average molecular weight is 264 g/mol. The van der Waals surface area contributed by atoms with E-state index in [-0.39, 0.29) is 11.4 Å². The van der Waals surface area contributed by atoms with Gasteiger partial charge in [0.15, 0.2) is 5.82 Å². The van der Waals surface area contributed by atoms with E-state index in [2.05, 4.69) is 9.97 Å². The number of nitrogens with zero attached hydrogens (tertiary/aromatic N) is 1. The first-order valence-corrected chi connectivity index (χ1v) is 5.18. The third-order valence-corrected chi connectivity index (χ3v) is 2.42. The summed E-state index contributed by atoms with van der Waals surface area (Å²) in [6.45, 7) is 0. The van der Waals surface area contributed by atoms with Crippen LogP contribution in [0.2, 0.25) is 0 Å². The van der Waals surface area contributed by atoms with Crippen LogP contribution in [-0.2, 0) is 3.79 Å². The molecule has 0 spiro atoms. The highest BCUT2D eigenvalue weighted by atomic mass is 35.6. The van der Waals surface area contributed by atoms with Crippen molar-refractivity contribution in [3.8, 4) is 0 Å². The predicted molar refractivity (Wildman–Crippen MR) is 61.6 cm³/mol. The van der Waals surface area contributed by atoms with Gasteiger partial charge in [0.2, 0.25) is 3.79 Å². The maximum Gasteiger partial charge on any atom is 0.258 e. The van der Waals surface area contributed by atoms with Crippen molar-refractivity contribution in [2.45, 2.75) is 3.79 Å². The van der Waals surface area contributed by atoms with E-state index in [4.69, 9.17) is 34.8 Å². The Bertz CT molecular complexity index is 559. The molecule has 0 radical (unpaired) electrons. The van der Waals surface area contributed by atoms with E-state index in [0.29, 0.717) is 10.9 Å². The van der Waals surface area contributed by atoms with Crippen LogP contribution in [-0.4, -0.2) is 9.97 Å². The Labute approximate surface area is 100.0 Å². The van der Waals surface area contributed by atoms with Gasteiger partial charge in [0.05, 0.1) is 10.9 Å². The minimum atomic E-state index is -1.72. The summed E-state index contributed by atoms with van der Waals surface area (Å²) in [5.74, 6) is 0.0243. The molecular weight excluding hydrogens is 258 g/mol. The molecule has 3 nitrogen and oxygen atoms in total. The fraction of sp³-hybridized carbons (Fsp3) is 0.111. The number of H-pyrrole nitrogens is 1. The van der Waals surface area contributed by atoms with Gasteiger partial charge in [0, 0.05) is 0 Å². The van der Waals surface area contributed by atoms with Gasteiger partial charge in [0.1, 0.15) is 0 Å². The normalized spacial score (nSPS) is 11.9. The van der Waals surface area contributed by atoms with Gasteiger partial charge in [-0.15, -0.1) is 0 Å². The van der Waals surface area contributed by atoms with Crippen molar-refractivity contribution in [2.24, 2.45) is 0 Å². The number of aromatic nitrogens is 2. The number of alkyl halides is 3. The van der Waals surface area contributed by atoms with Crippen molar-refractivity contribution in [3.05, 3.63) is 40.4 Å². The van der Waals surface area contributed by atoms with E-state index in [1.165, 1.54) is 0 Å². The monoisotopic (exact) mass is 262 g/mol. The summed E-state index contributed by atoms with van der Waals surface area (Å²) in [4.78, 5) is 18.1. The zero-order valence-electron chi connectivity index (χ0n) is 7.30. The second-order valence-corrected chi connectivity index (χ2v) is 5.21. The zero-order valence-corrected chi connectivity index (χ0v) is 9.57. The molecular formula is C9H5Cl3N2O. The van der Waals surface area contributed by atoms with Crippen molar-refractivity contribution in [1.29, 1.82) is 0 Å². The van der Waals surface area contributed by atoms with Gasteiger partial charge in [-0.25, -0.2) is 4.98 Å². The van der Waals surface area contributed by atoms with Crippen LogP contribution in [0.5, 0.6) is 0 Å². The first kappa shape index (κ1) is 10.7. The highest BCUT2D eigenvalue weighted by Gasteiger charge is 2.26. The molecule has 1 aromatic carbocycles. The number of halogens is 3. The van der Waals surface area contributed by atoms with Crippen LogP contribution in [0.25, 0.3) is 10.9 Å². The van der Waals surface area contributed by atoms with Crippen molar-refractivity contribution in [2.75, 3.05) is 0 Å². The maximum atomic E-state index is 11.6. The summed E-state index contributed by atoms with van der Waals surface area (Å²) in [5, 5.41) is 0.468. The molecule has 78 valence electrons. The quantitative estimate of drug-likeness (QED) is 0.743. The fourth-order valence-corrected chi connectivity index (χ4v) is 1.49. The molecule has 0 saturated carbocycles. The molecule has 1 N–H and O–H groups in total. The molecule has 0 saturated heterocycles. The summed E-state index contributed by atoms with van der Waals surface area (Å²) in [6.07, 6.45) is 0. The van der Waals surface area contributed by atoms with Crippen LogP contribution >= 0.6 is 34.8 Å². The Hall–Kier alpha value is -0.770. The molecule has 0 aliphatic heterocycles. The van der Waals surface area contributed by atoms with Gasteiger partial charge < -0.3 is 4.98 Å². The zero-order chi connectivity index (χ0) is 11.1. The number of fused-ring (bicyclic) bond motifs is 1. The van der Waals surface area contributed by atoms with Crippen LogP contribution in [0.3, 0.4) is 0 Å². The molecule has 0 fully saturated rings. The lowest BCUT2D eigenvalue weighted by Crippen LogP contribution is -2.16. The van der Waals surface area contributed by atoms with Crippen LogP contribution in [0, 0.1) is 0 Å². The topological polar surface area (TPSA) is 45.8 Å². The first-order chi connectivity index (χ1) is 6.98. The number of aromatic amines is 1. The van der Waals surface area contributed by atoms with Crippen molar-refractivity contribution >= 4 is 45.7 Å². The van der Waals surface area contributed by atoms with Gasteiger partial charge in [-0.05, 0) is 12.1 Å². The third kappa shape index (κ3) is 2.09. The Balaban J connectivity index is 2.79. The standard InChI is InChI=1S/C9H5Cl3N2O/c10-9(11,12)8-13-6-4-2-1-3-5(6)7(15)14-8/h1-4H,(H,13,14,15). The SMILES string of the molecule is O=c1[nH]c(C(Cl)(Cl)Cl)nc2ccccc12. The van der Waals surface area contributed by atoms with Crippen LogP contribution in [0.4, 0.5) is 0 Å². The smallest absolute Gasteiger partial charge is 0.258 e. The molecule has 0 aliphatic carbocycles. The summed E-state index contributed by atoms with van der Waals surface area (Å²) < 4.78 is -1.72.